The molecule has 0 spiro atoms. The van der Waals surface area contributed by atoms with Gasteiger partial charge in [-0.15, -0.1) is 0 Å². The summed E-state index contributed by atoms with van der Waals surface area (Å²) >= 11 is 1.64. The zero-order valence-electron chi connectivity index (χ0n) is 15.4. The first kappa shape index (κ1) is 21.2. The summed E-state index contributed by atoms with van der Waals surface area (Å²) in [7, 11) is -3.66. The number of carbonyl (C=O) groups is 1. The summed E-state index contributed by atoms with van der Waals surface area (Å²) in [5.41, 5.74) is 0. The monoisotopic (exact) mass is 402 g/mol. The average Bonchev–Trinajstić information content (AvgIpc) is 2.85. The number of hydrogen-bond donors (Lipinski definition) is 0. The van der Waals surface area contributed by atoms with Gasteiger partial charge >= 0.3 is 0 Å². The van der Waals surface area contributed by atoms with Gasteiger partial charge in [0.15, 0.2) is 0 Å². The Balaban J connectivity index is 1.91. The number of amides is 1. The standard InChI is InChI=1S/C18H27FN2O3S2/c1-15(2)8-13-25-14-18(22)20-9-3-10-21(12-11-20)26(23,24)17-6-4-16(19)5-7-17/h4-7,15H,3,8-14H2,1-2H3. The van der Waals surface area contributed by atoms with Gasteiger partial charge in [0, 0.05) is 26.2 Å². The minimum Gasteiger partial charge on any atom is -0.341 e. The van der Waals surface area contributed by atoms with Gasteiger partial charge < -0.3 is 4.90 Å². The molecule has 0 saturated carbocycles. The summed E-state index contributed by atoms with van der Waals surface area (Å²) in [4.78, 5) is 14.2. The molecule has 1 heterocycles. The van der Waals surface area contributed by atoms with Crippen LogP contribution in [0, 0.1) is 11.7 Å². The molecule has 1 amide bonds. The lowest BCUT2D eigenvalue weighted by Crippen LogP contribution is -2.38. The zero-order valence-corrected chi connectivity index (χ0v) is 17.0. The van der Waals surface area contributed by atoms with E-state index in [1.165, 1.54) is 16.4 Å². The molecular formula is C18H27FN2O3S2. The van der Waals surface area contributed by atoms with Crippen LogP contribution in [0.4, 0.5) is 4.39 Å². The molecule has 0 atom stereocenters. The molecule has 0 unspecified atom stereocenters. The molecule has 1 aliphatic rings. The Bertz CT molecular complexity index is 693. The molecule has 0 aliphatic carbocycles. The van der Waals surface area contributed by atoms with E-state index in [9.17, 15) is 17.6 Å². The number of benzene rings is 1. The third kappa shape index (κ3) is 5.96. The van der Waals surface area contributed by atoms with Gasteiger partial charge in [0.1, 0.15) is 5.82 Å². The highest BCUT2D eigenvalue weighted by atomic mass is 32.2. The number of halogens is 1. The number of rotatable bonds is 7. The molecule has 1 aromatic carbocycles. The number of sulfonamides is 1. The van der Waals surface area contributed by atoms with Gasteiger partial charge in [-0.3, -0.25) is 4.79 Å². The Kier molecular flexibility index (Phi) is 7.91. The molecule has 0 radical (unpaired) electrons. The average molecular weight is 403 g/mol. The summed E-state index contributed by atoms with van der Waals surface area (Å²) in [5, 5.41) is 0. The maximum Gasteiger partial charge on any atom is 0.243 e. The molecule has 0 aromatic heterocycles. The summed E-state index contributed by atoms with van der Waals surface area (Å²) in [6.45, 7) is 5.91. The molecule has 0 N–H and O–H groups in total. The van der Waals surface area contributed by atoms with Crippen molar-refractivity contribution in [3.63, 3.8) is 0 Å². The molecule has 8 heteroatoms. The van der Waals surface area contributed by atoms with Crippen molar-refractivity contribution in [1.29, 1.82) is 0 Å². The first-order chi connectivity index (χ1) is 12.3. The van der Waals surface area contributed by atoms with Gasteiger partial charge in [-0.25, -0.2) is 12.8 Å². The third-order valence-electron chi connectivity index (χ3n) is 4.32. The van der Waals surface area contributed by atoms with Crippen molar-refractivity contribution in [3.05, 3.63) is 30.1 Å². The van der Waals surface area contributed by atoms with Crippen molar-refractivity contribution in [2.45, 2.75) is 31.6 Å². The van der Waals surface area contributed by atoms with Crippen molar-refractivity contribution in [3.8, 4) is 0 Å². The number of thioether (sulfide) groups is 1. The van der Waals surface area contributed by atoms with E-state index in [1.54, 1.807) is 16.7 Å². The quantitative estimate of drug-likeness (QED) is 0.658. The van der Waals surface area contributed by atoms with Crippen LogP contribution in [0.25, 0.3) is 0 Å². The minimum absolute atomic E-state index is 0.0692. The molecule has 1 aromatic rings. The topological polar surface area (TPSA) is 57.7 Å². The second-order valence-electron chi connectivity index (χ2n) is 6.83. The van der Waals surface area contributed by atoms with Crippen LogP contribution in [-0.2, 0) is 14.8 Å². The van der Waals surface area contributed by atoms with Crippen LogP contribution in [0.5, 0.6) is 0 Å². The highest BCUT2D eigenvalue weighted by molar-refractivity contribution is 7.99. The van der Waals surface area contributed by atoms with Gasteiger partial charge in [0.2, 0.25) is 15.9 Å². The van der Waals surface area contributed by atoms with E-state index >= 15 is 0 Å². The SMILES string of the molecule is CC(C)CCSCC(=O)N1CCCN(S(=O)(=O)c2ccc(F)cc2)CC1. The van der Waals surface area contributed by atoms with Gasteiger partial charge in [0.25, 0.3) is 0 Å². The number of carbonyl (C=O) groups excluding carboxylic acids is 1. The van der Waals surface area contributed by atoms with E-state index in [2.05, 4.69) is 13.8 Å². The predicted octanol–water partition coefficient (Wildman–Crippen LogP) is 2.83. The Morgan fingerprint density at radius 1 is 1.15 bits per heavy atom. The molecular weight excluding hydrogens is 375 g/mol. The van der Waals surface area contributed by atoms with E-state index in [0.29, 0.717) is 37.7 Å². The lowest BCUT2D eigenvalue weighted by molar-refractivity contribution is -0.128. The van der Waals surface area contributed by atoms with Crippen LogP contribution in [0.1, 0.15) is 26.7 Å². The first-order valence-electron chi connectivity index (χ1n) is 8.92. The molecule has 1 saturated heterocycles. The molecule has 0 bridgehead atoms. The van der Waals surface area contributed by atoms with Gasteiger partial charge in [-0.05, 0) is 48.8 Å². The fourth-order valence-corrected chi connectivity index (χ4v) is 5.32. The summed E-state index contributed by atoms with van der Waals surface area (Å²) < 4.78 is 39.8. The fourth-order valence-electron chi connectivity index (χ4n) is 2.71. The highest BCUT2D eigenvalue weighted by Gasteiger charge is 2.28. The van der Waals surface area contributed by atoms with Gasteiger partial charge in [0.05, 0.1) is 10.6 Å². The maximum absolute atomic E-state index is 13.0. The van der Waals surface area contributed by atoms with Crippen molar-refractivity contribution in [2.24, 2.45) is 5.92 Å². The van der Waals surface area contributed by atoms with Crippen LogP contribution in [0.2, 0.25) is 0 Å². The van der Waals surface area contributed by atoms with Gasteiger partial charge in [-0.1, -0.05) is 13.8 Å². The van der Waals surface area contributed by atoms with Crippen molar-refractivity contribution in [1.82, 2.24) is 9.21 Å². The van der Waals surface area contributed by atoms with Crippen LogP contribution < -0.4 is 0 Å². The summed E-state index contributed by atoms with van der Waals surface area (Å²) in [5.74, 6) is 1.63. The maximum atomic E-state index is 13.0. The minimum atomic E-state index is -3.66. The van der Waals surface area contributed by atoms with Crippen LogP contribution in [0.3, 0.4) is 0 Å². The Hall–Kier alpha value is -1.12. The van der Waals surface area contributed by atoms with Crippen molar-refractivity contribution < 1.29 is 17.6 Å². The van der Waals surface area contributed by atoms with Crippen molar-refractivity contribution >= 4 is 27.7 Å². The summed E-state index contributed by atoms with van der Waals surface area (Å²) in [6.07, 6.45) is 1.68. The Labute approximate surface area is 160 Å². The highest BCUT2D eigenvalue weighted by Crippen LogP contribution is 2.19. The largest absolute Gasteiger partial charge is 0.341 e. The zero-order chi connectivity index (χ0) is 19.2. The van der Waals surface area contributed by atoms with E-state index in [4.69, 9.17) is 0 Å². The molecule has 5 nitrogen and oxygen atoms in total. The third-order valence-corrected chi connectivity index (χ3v) is 7.21. The van der Waals surface area contributed by atoms with E-state index in [1.807, 2.05) is 0 Å². The van der Waals surface area contributed by atoms with E-state index in [0.717, 1.165) is 24.3 Å². The number of hydrogen-bond acceptors (Lipinski definition) is 4. The van der Waals surface area contributed by atoms with Crippen LogP contribution in [0.15, 0.2) is 29.2 Å². The predicted molar refractivity (Wildman–Crippen MR) is 103 cm³/mol. The van der Waals surface area contributed by atoms with E-state index < -0.39 is 15.8 Å². The van der Waals surface area contributed by atoms with Crippen LogP contribution >= 0.6 is 11.8 Å². The second-order valence-corrected chi connectivity index (χ2v) is 9.87. The van der Waals surface area contributed by atoms with E-state index in [-0.39, 0.29) is 17.3 Å². The normalized spacial score (nSPS) is 16.7. The second kappa shape index (κ2) is 9.71. The van der Waals surface area contributed by atoms with Crippen LogP contribution in [-0.4, -0.2) is 61.2 Å². The lowest BCUT2D eigenvalue weighted by atomic mass is 10.2. The van der Waals surface area contributed by atoms with Gasteiger partial charge in [-0.2, -0.15) is 16.1 Å². The summed E-state index contributed by atoms with van der Waals surface area (Å²) in [6, 6.07) is 4.86. The smallest absolute Gasteiger partial charge is 0.243 e. The lowest BCUT2D eigenvalue weighted by Gasteiger charge is -2.22. The molecule has 146 valence electrons. The van der Waals surface area contributed by atoms with Crippen molar-refractivity contribution in [2.75, 3.05) is 37.7 Å². The number of nitrogens with zero attached hydrogens (tertiary/aromatic N) is 2. The molecule has 1 aliphatic heterocycles. The molecule has 1 fully saturated rings. The molecule has 26 heavy (non-hydrogen) atoms. The first-order valence-corrected chi connectivity index (χ1v) is 11.5. The molecule has 2 rings (SSSR count). The Morgan fingerprint density at radius 2 is 1.85 bits per heavy atom. The fraction of sp³-hybridized carbons (Fsp3) is 0.611. The Morgan fingerprint density at radius 3 is 2.50 bits per heavy atom.